The predicted molar refractivity (Wildman–Crippen MR) is 83.4 cm³/mol. The quantitative estimate of drug-likeness (QED) is 0.805. The Balaban J connectivity index is 0.00000312. The van der Waals surface area contributed by atoms with Gasteiger partial charge in [0.2, 0.25) is 5.89 Å². The van der Waals surface area contributed by atoms with E-state index in [4.69, 9.17) is 4.42 Å². The number of hydrogen-bond donors (Lipinski definition) is 1. The standard InChI is InChI=1S/C13H12F3N3O4S.Na.H/c1-6-8(11(20)17-12-19-18-7(2)23-12)4-5-9(13(14,15)16)10(6)24(3,21)22;;/h4-5H,1-3H3,(H,17,19,20);;. The Morgan fingerprint density at radius 3 is 2.24 bits per heavy atom. The molecule has 132 valence electrons. The first kappa shape index (κ1) is 21.6. The van der Waals surface area contributed by atoms with Gasteiger partial charge in [-0.1, -0.05) is 5.10 Å². The van der Waals surface area contributed by atoms with Crippen LogP contribution in [-0.2, 0) is 16.0 Å². The van der Waals surface area contributed by atoms with Crippen molar-refractivity contribution in [3.8, 4) is 0 Å². The number of nitrogens with zero attached hydrogens (tertiary/aromatic N) is 2. The molecule has 1 aromatic carbocycles. The number of carbonyl (C=O) groups is 1. The predicted octanol–water partition coefficient (Wildman–Crippen LogP) is 1.71. The third kappa shape index (κ3) is 4.81. The summed E-state index contributed by atoms with van der Waals surface area (Å²) in [5, 5.41) is 9.21. The van der Waals surface area contributed by atoms with E-state index in [1.807, 2.05) is 0 Å². The van der Waals surface area contributed by atoms with Crippen molar-refractivity contribution in [2.24, 2.45) is 0 Å². The van der Waals surface area contributed by atoms with Gasteiger partial charge in [0.25, 0.3) is 5.91 Å². The molecule has 0 saturated carbocycles. The van der Waals surface area contributed by atoms with E-state index < -0.39 is 32.4 Å². The number of rotatable bonds is 3. The summed E-state index contributed by atoms with van der Waals surface area (Å²) in [6.07, 6.45) is -4.23. The van der Waals surface area contributed by atoms with Crippen LogP contribution in [0.25, 0.3) is 0 Å². The van der Waals surface area contributed by atoms with Gasteiger partial charge in [-0.3, -0.25) is 10.1 Å². The van der Waals surface area contributed by atoms with Gasteiger partial charge in [0, 0.05) is 18.7 Å². The normalized spacial score (nSPS) is 11.8. The molecule has 12 heteroatoms. The summed E-state index contributed by atoms with van der Waals surface area (Å²) in [7, 11) is -4.22. The summed E-state index contributed by atoms with van der Waals surface area (Å²) in [6.45, 7) is 2.60. The molecule has 0 aliphatic heterocycles. The van der Waals surface area contributed by atoms with E-state index in [9.17, 15) is 26.4 Å². The molecule has 0 spiro atoms. The number of hydrogen-bond acceptors (Lipinski definition) is 6. The van der Waals surface area contributed by atoms with Crippen molar-refractivity contribution in [2.75, 3.05) is 11.6 Å². The Labute approximate surface area is 163 Å². The Kier molecular flexibility index (Phi) is 6.43. The summed E-state index contributed by atoms with van der Waals surface area (Å²) < 4.78 is 67.6. The number of amides is 1. The van der Waals surface area contributed by atoms with Gasteiger partial charge in [-0.15, -0.1) is 5.10 Å². The fraction of sp³-hybridized carbons (Fsp3) is 0.308. The molecule has 0 bridgehead atoms. The van der Waals surface area contributed by atoms with Crippen molar-refractivity contribution in [3.05, 3.63) is 34.7 Å². The molecule has 25 heavy (non-hydrogen) atoms. The van der Waals surface area contributed by atoms with Crippen LogP contribution in [0.15, 0.2) is 21.4 Å². The van der Waals surface area contributed by atoms with E-state index in [2.05, 4.69) is 15.5 Å². The number of sulfone groups is 1. The summed E-state index contributed by atoms with van der Waals surface area (Å²) in [4.78, 5) is 11.2. The number of anilines is 1. The summed E-state index contributed by atoms with van der Waals surface area (Å²) >= 11 is 0. The van der Waals surface area contributed by atoms with Crippen LogP contribution in [0.2, 0.25) is 0 Å². The van der Waals surface area contributed by atoms with Crippen molar-refractivity contribution in [3.63, 3.8) is 0 Å². The van der Waals surface area contributed by atoms with Gasteiger partial charge in [-0.2, -0.15) is 13.2 Å². The van der Waals surface area contributed by atoms with Crippen molar-refractivity contribution < 1.29 is 30.8 Å². The molecular formula is C13H13F3N3NaO4S. The molecule has 1 heterocycles. The van der Waals surface area contributed by atoms with Crippen LogP contribution in [0.5, 0.6) is 0 Å². The molecular weight excluding hydrogens is 374 g/mol. The zero-order valence-corrected chi connectivity index (χ0v) is 13.5. The molecule has 0 saturated heterocycles. The van der Waals surface area contributed by atoms with Crippen LogP contribution in [0.4, 0.5) is 19.2 Å². The molecule has 0 aliphatic rings. The first-order valence-electron chi connectivity index (χ1n) is 6.43. The molecule has 0 aliphatic carbocycles. The molecule has 1 aromatic heterocycles. The fourth-order valence-electron chi connectivity index (χ4n) is 2.15. The second-order valence-electron chi connectivity index (χ2n) is 4.97. The number of nitrogens with one attached hydrogen (secondary N) is 1. The number of aryl methyl sites for hydroxylation is 1. The van der Waals surface area contributed by atoms with E-state index in [1.54, 1.807) is 0 Å². The minimum atomic E-state index is -4.87. The molecule has 1 amide bonds. The van der Waals surface area contributed by atoms with E-state index in [1.165, 1.54) is 6.92 Å². The third-order valence-electron chi connectivity index (χ3n) is 3.07. The molecule has 1 N–H and O–H groups in total. The van der Waals surface area contributed by atoms with Crippen LogP contribution in [0.1, 0.15) is 27.4 Å². The second kappa shape index (κ2) is 7.44. The van der Waals surface area contributed by atoms with Crippen LogP contribution < -0.4 is 5.32 Å². The number of halogens is 3. The van der Waals surface area contributed by atoms with Crippen molar-refractivity contribution >= 4 is 51.3 Å². The first-order valence-corrected chi connectivity index (χ1v) is 8.32. The number of benzene rings is 1. The molecule has 0 unspecified atom stereocenters. The number of aromatic nitrogens is 2. The Morgan fingerprint density at radius 1 is 1.20 bits per heavy atom. The van der Waals surface area contributed by atoms with E-state index in [0.29, 0.717) is 12.3 Å². The SMILES string of the molecule is Cc1nnc(NC(=O)c2ccc(C(F)(F)F)c(S(C)(=O)=O)c2C)o1.[NaH]. The van der Waals surface area contributed by atoms with Crippen molar-refractivity contribution in [2.45, 2.75) is 24.9 Å². The second-order valence-corrected chi connectivity index (χ2v) is 6.92. The van der Waals surface area contributed by atoms with E-state index in [0.717, 1.165) is 13.0 Å². The molecule has 2 rings (SSSR count). The van der Waals surface area contributed by atoms with Gasteiger partial charge in [0.15, 0.2) is 9.84 Å². The zero-order chi connectivity index (χ0) is 18.3. The third-order valence-corrected chi connectivity index (χ3v) is 4.34. The van der Waals surface area contributed by atoms with E-state index >= 15 is 0 Å². The van der Waals surface area contributed by atoms with Gasteiger partial charge in [-0.05, 0) is 24.6 Å². The topological polar surface area (TPSA) is 102 Å². The van der Waals surface area contributed by atoms with Gasteiger partial charge >= 0.3 is 41.7 Å². The van der Waals surface area contributed by atoms with Gasteiger partial charge in [0.1, 0.15) is 0 Å². The monoisotopic (exact) mass is 387 g/mol. The zero-order valence-electron chi connectivity index (χ0n) is 12.7. The van der Waals surface area contributed by atoms with E-state index in [-0.39, 0.29) is 52.6 Å². The van der Waals surface area contributed by atoms with Crippen molar-refractivity contribution in [1.82, 2.24) is 10.2 Å². The molecule has 2 aromatic rings. The van der Waals surface area contributed by atoms with Crippen molar-refractivity contribution in [1.29, 1.82) is 0 Å². The van der Waals surface area contributed by atoms with Crippen LogP contribution in [-0.4, -0.2) is 60.3 Å². The maximum absolute atomic E-state index is 13.0. The number of alkyl halides is 3. The summed E-state index contributed by atoms with van der Waals surface area (Å²) in [5.41, 5.74) is -1.90. The minimum absolute atomic E-state index is 0. The van der Waals surface area contributed by atoms with Crippen LogP contribution in [0, 0.1) is 13.8 Å². The van der Waals surface area contributed by atoms with Crippen LogP contribution >= 0.6 is 0 Å². The maximum atomic E-state index is 13.0. The molecule has 0 atom stereocenters. The Morgan fingerprint density at radius 2 is 1.80 bits per heavy atom. The number of carbonyl (C=O) groups excluding carboxylic acids is 1. The van der Waals surface area contributed by atoms with Gasteiger partial charge in [0.05, 0.1) is 10.5 Å². The van der Waals surface area contributed by atoms with Gasteiger partial charge in [-0.25, -0.2) is 8.42 Å². The Bertz CT molecular complexity index is 910. The van der Waals surface area contributed by atoms with Gasteiger partial charge < -0.3 is 4.42 Å². The fourth-order valence-corrected chi connectivity index (χ4v) is 3.40. The first-order chi connectivity index (χ1) is 10.9. The summed E-state index contributed by atoms with van der Waals surface area (Å²) in [5.74, 6) is -0.693. The molecule has 7 nitrogen and oxygen atoms in total. The van der Waals surface area contributed by atoms with Crippen LogP contribution in [0.3, 0.4) is 0 Å². The Hall–Kier alpha value is -1.43. The average molecular weight is 387 g/mol. The molecule has 0 fully saturated rings. The summed E-state index contributed by atoms with van der Waals surface area (Å²) in [6, 6.07) is 1.20. The average Bonchev–Trinajstić information content (AvgIpc) is 2.80. The molecule has 0 radical (unpaired) electrons.